The molecule has 0 saturated carbocycles. The second-order valence-electron chi connectivity index (χ2n) is 7.20. The summed E-state index contributed by atoms with van der Waals surface area (Å²) in [5.41, 5.74) is 1.09. The molecular weight excluding hydrogens is 418 g/mol. The van der Waals surface area contributed by atoms with E-state index in [1.54, 1.807) is 43.5 Å². The monoisotopic (exact) mass is 443 g/mol. The third-order valence-electron chi connectivity index (χ3n) is 5.21. The van der Waals surface area contributed by atoms with Crippen molar-refractivity contribution in [3.8, 4) is 11.5 Å². The van der Waals surface area contributed by atoms with E-state index in [4.69, 9.17) is 21.1 Å². The van der Waals surface area contributed by atoms with E-state index in [2.05, 4.69) is 0 Å². The number of methoxy groups -OCH3 is 1. The first-order valence-corrected chi connectivity index (χ1v) is 10.7. The molecule has 1 saturated heterocycles. The number of aliphatic hydroxyl groups is 1. The average molecular weight is 444 g/mol. The van der Waals surface area contributed by atoms with Crippen molar-refractivity contribution in [2.45, 2.75) is 32.7 Å². The number of halogens is 1. The first-order chi connectivity index (χ1) is 14.9. The first kappa shape index (κ1) is 22.7. The summed E-state index contributed by atoms with van der Waals surface area (Å²) in [5.74, 6) is -0.603. The van der Waals surface area contributed by atoms with E-state index in [0.29, 0.717) is 40.8 Å². The second kappa shape index (κ2) is 9.88. The molecule has 1 amide bonds. The van der Waals surface area contributed by atoms with E-state index in [1.807, 2.05) is 19.9 Å². The van der Waals surface area contributed by atoms with E-state index in [1.165, 1.54) is 4.90 Å². The number of amides is 1. The molecule has 7 heteroatoms. The largest absolute Gasteiger partial charge is 0.507 e. The van der Waals surface area contributed by atoms with Crippen LogP contribution in [0.2, 0.25) is 5.02 Å². The Bertz CT molecular complexity index is 1020. The van der Waals surface area contributed by atoms with Crippen molar-refractivity contribution < 1.29 is 24.2 Å². The number of ketones is 1. The Morgan fingerprint density at radius 3 is 2.61 bits per heavy atom. The topological polar surface area (TPSA) is 76.1 Å². The Balaban J connectivity index is 2.17. The Morgan fingerprint density at radius 2 is 1.94 bits per heavy atom. The number of likely N-dealkylation sites (tertiary alicyclic amines) is 1. The van der Waals surface area contributed by atoms with Gasteiger partial charge in [-0.05, 0) is 49.2 Å². The Hall–Kier alpha value is -2.99. The number of nitrogens with zero attached hydrogens (tertiary/aromatic N) is 1. The molecule has 0 radical (unpaired) electrons. The summed E-state index contributed by atoms with van der Waals surface area (Å²) in [7, 11) is 1.55. The van der Waals surface area contributed by atoms with Crippen LogP contribution >= 0.6 is 11.6 Å². The zero-order chi connectivity index (χ0) is 22.5. The van der Waals surface area contributed by atoms with Crippen molar-refractivity contribution in [3.63, 3.8) is 0 Å². The number of benzene rings is 2. The minimum Gasteiger partial charge on any atom is -0.507 e. The minimum atomic E-state index is -0.715. The molecule has 2 aromatic rings. The van der Waals surface area contributed by atoms with Crippen LogP contribution in [0.25, 0.3) is 5.76 Å². The number of ether oxygens (including phenoxy) is 2. The van der Waals surface area contributed by atoms with Gasteiger partial charge in [0.05, 0.1) is 30.4 Å². The van der Waals surface area contributed by atoms with Gasteiger partial charge in [0.25, 0.3) is 11.7 Å². The van der Waals surface area contributed by atoms with Crippen LogP contribution in [0.1, 0.15) is 43.9 Å². The smallest absolute Gasteiger partial charge is 0.295 e. The first-order valence-electron chi connectivity index (χ1n) is 10.3. The SMILES string of the molecule is CCCCN1C(=O)C(=O)/C(=C(\O)c2ccc(Cl)c(OCC)c2)C1c1cccc(OC)c1. The number of carbonyl (C=O) groups is 2. The summed E-state index contributed by atoms with van der Waals surface area (Å²) in [6.45, 7) is 4.64. The molecule has 1 unspecified atom stereocenters. The lowest BCUT2D eigenvalue weighted by Crippen LogP contribution is -2.30. The molecule has 0 aromatic heterocycles. The molecule has 1 fully saturated rings. The van der Waals surface area contributed by atoms with Gasteiger partial charge in [-0.1, -0.05) is 37.1 Å². The molecular formula is C24H26ClNO5. The molecule has 1 aliphatic heterocycles. The molecule has 1 aliphatic rings. The molecule has 6 nitrogen and oxygen atoms in total. The number of hydrogen-bond acceptors (Lipinski definition) is 5. The molecule has 3 rings (SSSR count). The quantitative estimate of drug-likeness (QED) is 0.354. The summed E-state index contributed by atoms with van der Waals surface area (Å²) in [4.78, 5) is 27.4. The third kappa shape index (κ3) is 4.54. The van der Waals surface area contributed by atoms with Gasteiger partial charge >= 0.3 is 0 Å². The Kier molecular flexibility index (Phi) is 7.23. The van der Waals surface area contributed by atoms with Gasteiger partial charge < -0.3 is 19.5 Å². The molecule has 1 heterocycles. The highest BCUT2D eigenvalue weighted by molar-refractivity contribution is 6.46. The van der Waals surface area contributed by atoms with Crippen molar-refractivity contribution >= 4 is 29.1 Å². The third-order valence-corrected chi connectivity index (χ3v) is 5.52. The number of carbonyl (C=O) groups excluding carboxylic acids is 2. The van der Waals surface area contributed by atoms with Crippen molar-refractivity contribution in [1.82, 2.24) is 4.90 Å². The van der Waals surface area contributed by atoms with Crippen molar-refractivity contribution in [3.05, 3.63) is 64.2 Å². The zero-order valence-corrected chi connectivity index (χ0v) is 18.6. The van der Waals surface area contributed by atoms with Crippen LogP contribution in [-0.2, 0) is 9.59 Å². The Labute approximate surface area is 187 Å². The van der Waals surface area contributed by atoms with Gasteiger partial charge in [-0.15, -0.1) is 0 Å². The van der Waals surface area contributed by atoms with Crippen LogP contribution in [-0.4, -0.2) is 42.0 Å². The average Bonchev–Trinajstić information content (AvgIpc) is 3.03. The van der Waals surface area contributed by atoms with E-state index in [-0.39, 0.29) is 11.3 Å². The summed E-state index contributed by atoms with van der Waals surface area (Å²) >= 11 is 6.16. The maximum atomic E-state index is 13.0. The molecule has 31 heavy (non-hydrogen) atoms. The van der Waals surface area contributed by atoms with Crippen LogP contribution in [0.4, 0.5) is 0 Å². The molecule has 0 bridgehead atoms. The molecule has 0 spiro atoms. The van der Waals surface area contributed by atoms with E-state index in [0.717, 1.165) is 12.8 Å². The standard InChI is InChI=1S/C24H26ClNO5/c1-4-6-12-26-21(15-8-7-9-17(13-15)30-3)20(23(28)24(26)29)22(27)16-10-11-18(25)19(14-16)31-5-2/h7-11,13-14,21,27H,4-6,12H2,1-3H3/b22-20-. The molecule has 2 aromatic carbocycles. The van der Waals surface area contributed by atoms with Gasteiger partial charge in [-0.25, -0.2) is 0 Å². The molecule has 164 valence electrons. The van der Waals surface area contributed by atoms with Crippen molar-refractivity contribution in [1.29, 1.82) is 0 Å². The van der Waals surface area contributed by atoms with Crippen LogP contribution in [0.5, 0.6) is 11.5 Å². The lowest BCUT2D eigenvalue weighted by atomic mass is 9.95. The summed E-state index contributed by atoms with van der Waals surface area (Å²) in [6.07, 6.45) is 1.60. The Morgan fingerprint density at radius 1 is 1.16 bits per heavy atom. The van der Waals surface area contributed by atoms with E-state index in [9.17, 15) is 14.7 Å². The van der Waals surface area contributed by atoms with E-state index >= 15 is 0 Å². The lowest BCUT2D eigenvalue weighted by molar-refractivity contribution is -0.139. The summed E-state index contributed by atoms with van der Waals surface area (Å²) < 4.78 is 10.8. The highest BCUT2D eigenvalue weighted by Gasteiger charge is 2.45. The zero-order valence-electron chi connectivity index (χ0n) is 17.9. The van der Waals surface area contributed by atoms with Gasteiger partial charge in [-0.3, -0.25) is 9.59 Å². The van der Waals surface area contributed by atoms with Crippen LogP contribution in [0.3, 0.4) is 0 Å². The predicted molar refractivity (Wildman–Crippen MR) is 120 cm³/mol. The molecule has 1 N–H and O–H groups in total. The number of aliphatic hydroxyl groups excluding tert-OH is 1. The van der Waals surface area contributed by atoms with Crippen LogP contribution in [0, 0.1) is 0 Å². The highest BCUT2D eigenvalue weighted by atomic mass is 35.5. The number of Topliss-reactive ketones (excluding diaryl/α,β-unsaturated/α-hetero) is 1. The van der Waals surface area contributed by atoms with Crippen molar-refractivity contribution in [2.24, 2.45) is 0 Å². The molecule has 0 aliphatic carbocycles. The normalized spacial score (nSPS) is 17.8. The predicted octanol–water partition coefficient (Wildman–Crippen LogP) is 4.97. The second-order valence-corrected chi connectivity index (χ2v) is 7.61. The number of unbranched alkanes of at least 4 members (excludes halogenated alkanes) is 1. The van der Waals surface area contributed by atoms with Gasteiger partial charge in [-0.2, -0.15) is 0 Å². The van der Waals surface area contributed by atoms with Gasteiger partial charge in [0.1, 0.15) is 17.3 Å². The van der Waals surface area contributed by atoms with Gasteiger partial charge in [0, 0.05) is 12.1 Å². The summed E-state index contributed by atoms with van der Waals surface area (Å²) in [5, 5.41) is 11.5. The van der Waals surface area contributed by atoms with Gasteiger partial charge in [0.15, 0.2) is 0 Å². The highest BCUT2D eigenvalue weighted by Crippen LogP contribution is 2.41. The van der Waals surface area contributed by atoms with Crippen LogP contribution in [0.15, 0.2) is 48.0 Å². The minimum absolute atomic E-state index is 0.0409. The summed E-state index contributed by atoms with van der Waals surface area (Å²) in [6, 6.07) is 11.2. The van der Waals surface area contributed by atoms with E-state index < -0.39 is 17.7 Å². The van der Waals surface area contributed by atoms with Crippen LogP contribution < -0.4 is 9.47 Å². The fourth-order valence-electron chi connectivity index (χ4n) is 3.67. The maximum Gasteiger partial charge on any atom is 0.295 e. The maximum absolute atomic E-state index is 13.0. The fourth-order valence-corrected chi connectivity index (χ4v) is 3.84. The number of rotatable bonds is 8. The molecule has 1 atom stereocenters. The fraction of sp³-hybridized carbons (Fsp3) is 0.333. The lowest BCUT2D eigenvalue weighted by Gasteiger charge is -2.25. The van der Waals surface area contributed by atoms with Crippen molar-refractivity contribution in [2.75, 3.05) is 20.3 Å². The van der Waals surface area contributed by atoms with Gasteiger partial charge in [0.2, 0.25) is 0 Å². The number of hydrogen-bond donors (Lipinski definition) is 1.